The van der Waals surface area contributed by atoms with Gasteiger partial charge in [0.05, 0.1) is 0 Å². The van der Waals surface area contributed by atoms with Crippen molar-refractivity contribution in [1.29, 1.82) is 0 Å². The summed E-state index contributed by atoms with van der Waals surface area (Å²) in [5.41, 5.74) is 4.31. The number of alkyl halides is 6. The summed E-state index contributed by atoms with van der Waals surface area (Å²) in [5.74, 6) is -0.353. The molecular weight excluding hydrogens is 660 g/mol. The topological polar surface area (TPSA) is 0 Å². The first kappa shape index (κ1) is 31.3. The number of rotatable bonds is 3. The summed E-state index contributed by atoms with van der Waals surface area (Å²) < 4.78 is 82.9. The fourth-order valence-electron chi connectivity index (χ4n) is 5.71. The third kappa shape index (κ3) is 5.61. The summed E-state index contributed by atoms with van der Waals surface area (Å²) in [6.45, 7) is 0. The van der Waals surface area contributed by atoms with Crippen molar-refractivity contribution in [2.45, 2.75) is 21.9 Å². The first-order valence-corrected chi connectivity index (χ1v) is 13.7. The Labute approximate surface area is 260 Å². The first-order chi connectivity index (χ1) is 18.5. The van der Waals surface area contributed by atoms with Crippen molar-refractivity contribution in [1.82, 2.24) is 0 Å². The number of hydrogen-bond acceptors (Lipinski definition) is 0. The molecule has 0 aliphatic heterocycles. The van der Waals surface area contributed by atoms with Crippen molar-refractivity contribution in [3.63, 3.8) is 0 Å². The zero-order valence-corrected chi connectivity index (χ0v) is 25.0. The molecule has 2 atom stereocenters. The van der Waals surface area contributed by atoms with Gasteiger partial charge in [-0.25, -0.2) is 0 Å². The van der Waals surface area contributed by atoms with Crippen LogP contribution in [0.2, 0.25) is 0 Å². The van der Waals surface area contributed by atoms with Gasteiger partial charge in [0.15, 0.2) is 0 Å². The van der Waals surface area contributed by atoms with Crippen LogP contribution >= 0.6 is 0 Å². The quantitative estimate of drug-likeness (QED) is 0.291. The zero-order chi connectivity index (χ0) is 27.5. The van der Waals surface area contributed by atoms with Crippen LogP contribution in [0.4, 0.5) is 26.3 Å². The van der Waals surface area contributed by atoms with Crippen LogP contribution in [0.1, 0.15) is 54.1 Å². The van der Waals surface area contributed by atoms with Crippen molar-refractivity contribution < 1.29 is 75.9 Å². The molecule has 207 valence electrons. The van der Waals surface area contributed by atoms with Crippen LogP contribution < -0.4 is 24.8 Å². The van der Waals surface area contributed by atoms with Crippen molar-refractivity contribution in [2.75, 3.05) is 0 Å². The van der Waals surface area contributed by atoms with Crippen molar-refractivity contribution in [2.24, 2.45) is 0 Å². The predicted molar refractivity (Wildman–Crippen MR) is 136 cm³/mol. The molecule has 0 nitrogen and oxygen atoms in total. The molecule has 0 bridgehead atoms. The molecule has 0 N–H and O–H groups in total. The van der Waals surface area contributed by atoms with Gasteiger partial charge in [-0.1, -0.05) is 0 Å². The molecule has 2 unspecified atom stereocenters. The minimum Gasteiger partial charge on any atom is -1.00 e. The average molecular weight is 680 g/mol. The molecule has 4 aromatic rings. The van der Waals surface area contributed by atoms with Gasteiger partial charge < -0.3 is 24.8 Å². The maximum absolute atomic E-state index is 13.9. The Kier molecular flexibility index (Phi) is 8.86. The molecule has 2 aliphatic carbocycles. The summed E-state index contributed by atoms with van der Waals surface area (Å²) in [4.78, 5) is 0. The van der Waals surface area contributed by atoms with Crippen molar-refractivity contribution in [3.05, 3.63) is 142 Å². The Morgan fingerprint density at radius 3 is 1.71 bits per heavy atom. The van der Waals surface area contributed by atoms with Gasteiger partial charge in [-0.2, -0.15) is 0 Å². The molecule has 41 heavy (non-hydrogen) atoms. The van der Waals surface area contributed by atoms with Crippen LogP contribution in [0.25, 0.3) is 22.8 Å². The van der Waals surface area contributed by atoms with Crippen LogP contribution in [0.15, 0.2) is 97.1 Å². The van der Waals surface area contributed by atoms with E-state index in [1.54, 1.807) is 0 Å². The Balaban J connectivity index is 0.00000194. The van der Waals surface area contributed by atoms with E-state index in [0.717, 1.165) is 75.8 Å². The van der Waals surface area contributed by atoms with Gasteiger partial charge in [-0.05, 0) is 0 Å². The summed E-state index contributed by atoms with van der Waals surface area (Å²) in [6.07, 6.45) is -7.77. The molecule has 6 rings (SSSR count). The van der Waals surface area contributed by atoms with E-state index in [0.29, 0.717) is 5.57 Å². The summed E-state index contributed by atoms with van der Waals surface area (Å²) in [7, 11) is 0. The Bertz CT molecular complexity index is 1620. The van der Waals surface area contributed by atoms with E-state index in [1.165, 1.54) is 0 Å². The monoisotopic (exact) mass is 677 g/mol. The number of fused-ring (bicyclic) bond motifs is 2. The second kappa shape index (κ2) is 11.6. The number of benzene rings is 4. The molecule has 0 spiro atoms. The molecule has 4 aromatic carbocycles. The van der Waals surface area contributed by atoms with E-state index in [4.69, 9.17) is 0 Å². The fourth-order valence-corrected chi connectivity index (χ4v) is 7.12. The van der Waals surface area contributed by atoms with Crippen LogP contribution in [0, 0.1) is 0 Å². The predicted octanol–water partition coefficient (Wildman–Crippen LogP) is 3.58. The fraction of sp³-hybridized carbons (Fsp3) is 0.125. The third-order valence-electron chi connectivity index (χ3n) is 7.36. The van der Waals surface area contributed by atoms with Crippen molar-refractivity contribution in [3.8, 4) is 0 Å². The maximum atomic E-state index is 13.9. The van der Waals surface area contributed by atoms with E-state index in [9.17, 15) is 26.3 Å². The molecule has 0 amide bonds. The Morgan fingerprint density at radius 2 is 1.10 bits per heavy atom. The van der Waals surface area contributed by atoms with Crippen LogP contribution in [-0.2, 0) is 37.1 Å². The largest absolute Gasteiger partial charge is 1.00 e. The van der Waals surface area contributed by atoms with E-state index in [2.05, 4.69) is 6.08 Å². The molecule has 0 saturated carbocycles. The van der Waals surface area contributed by atoms with Gasteiger partial charge >= 0.3 is 237 Å². The molecule has 0 radical (unpaired) electrons. The summed E-state index contributed by atoms with van der Waals surface area (Å²) >= 11 is 0.982. The van der Waals surface area contributed by atoms with E-state index in [1.807, 2.05) is 78.9 Å². The van der Waals surface area contributed by atoms with Crippen LogP contribution in [-0.4, -0.2) is 0 Å². The van der Waals surface area contributed by atoms with Crippen LogP contribution in [0.5, 0.6) is 0 Å². The number of allylic oxidation sites excluding steroid dienone is 3. The van der Waals surface area contributed by atoms with Gasteiger partial charge in [0.1, 0.15) is 0 Å². The molecule has 0 saturated heterocycles. The molecule has 2 aliphatic rings. The first-order valence-electron chi connectivity index (χ1n) is 12.2. The number of hydrogen-bond donors (Lipinski definition) is 0. The standard InChI is InChI=1S/C32H19F6.2ClH.Zr/c33-31(34,35)23-14-22(15-24(18-23)32(36,37)38)28-17-21-11-5-7-13-26(21)30(28)29-25-12-6-4-10-20(25)16-27(29)19-8-2-1-3-9-19;;;/h1-18,29H;2*1H;/q;;;+2/p-2. The Hall–Kier alpha value is -2.60. The second-order valence-corrected chi connectivity index (χ2v) is 11.1. The van der Waals surface area contributed by atoms with E-state index < -0.39 is 23.5 Å². The molecule has 0 fully saturated rings. The van der Waals surface area contributed by atoms with Gasteiger partial charge in [0.25, 0.3) is 0 Å². The van der Waals surface area contributed by atoms with Crippen LogP contribution in [0.3, 0.4) is 0 Å². The van der Waals surface area contributed by atoms with Gasteiger partial charge in [-0.15, -0.1) is 0 Å². The van der Waals surface area contributed by atoms with E-state index in [-0.39, 0.29) is 46.0 Å². The normalized spacial score (nSPS) is 17.8. The second-order valence-electron chi connectivity index (χ2n) is 9.67. The number of halogens is 8. The van der Waals surface area contributed by atoms with E-state index >= 15 is 0 Å². The zero-order valence-electron chi connectivity index (χ0n) is 21.0. The average Bonchev–Trinajstić information content (AvgIpc) is 3.43. The van der Waals surface area contributed by atoms with Gasteiger partial charge in [0, 0.05) is 0 Å². The molecular formula is C32H19Cl2F6Zr. The summed E-state index contributed by atoms with van der Waals surface area (Å²) in [5, 5.41) is 0. The summed E-state index contributed by atoms with van der Waals surface area (Å²) in [6, 6.07) is 27.0. The minimum absolute atomic E-state index is 0. The molecule has 9 heteroatoms. The van der Waals surface area contributed by atoms with Crippen molar-refractivity contribution >= 4 is 22.8 Å². The Morgan fingerprint density at radius 1 is 0.561 bits per heavy atom. The third-order valence-corrected chi connectivity index (χ3v) is 8.84. The van der Waals surface area contributed by atoms with Gasteiger partial charge in [0.2, 0.25) is 0 Å². The molecule has 0 aromatic heterocycles. The van der Waals surface area contributed by atoms with Gasteiger partial charge in [-0.3, -0.25) is 0 Å². The SMILES string of the molecule is FC(F)(F)c1cc(C2=C(C3C(c4ccccc4)=Cc4ccccc43)c3ccccc3[CH]2[Zr+2])cc(C(F)(F)F)c1.[Cl-].[Cl-]. The maximum Gasteiger partial charge on any atom is -1.00 e. The molecule has 0 heterocycles. The smallest absolute Gasteiger partial charge is 1.00 e. The minimum atomic E-state index is -4.92.